The van der Waals surface area contributed by atoms with Crippen LogP contribution in [-0.2, 0) is 4.79 Å². The van der Waals surface area contributed by atoms with E-state index in [0.717, 1.165) is 43.6 Å². The zero-order chi connectivity index (χ0) is 13.7. The van der Waals surface area contributed by atoms with Gasteiger partial charge in [0.15, 0.2) is 0 Å². The lowest BCUT2D eigenvalue weighted by Gasteiger charge is -2.57. The Bertz CT molecular complexity index is 429. The standard InChI is InChI=1S/C17H24N2O/c18-11-15-2-1-3-19(15)16(20)10-17-7-12-4-13(8-17)6-14(5-12)9-17/h12-15H,1-10H2. The van der Waals surface area contributed by atoms with Crippen LogP contribution in [0.15, 0.2) is 0 Å². The van der Waals surface area contributed by atoms with Crippen molar-refractivity contribution in [2.24, 2.45) is 23.2 Å². The molecule has 1 aliphatic heterocycles. The first-order valence-electron chi connectivity index (χ1n) is 8.36. The van der Waals surface area contributed by atoms with E-state index in [1.54, 1.807) is 0 Å². The number of hydrogen-bond acceptors (Lipinski definition) is 2. The molecule has 20 heavy (non-hydrogen) atoms. The number of nitriles is 1. The highest BCUT2D eigenvalue weighted by Gasteiger charge is 2.52. The minimum absolute atomic E-state index is 0.142. The molecule has 0 aromatic rings. The van der Waals surface area contributed by atoms with E-state index in [1.165, 1.54) is 38.5 Å². The summed E-state index contributed by atoms with van der Waals surface area (Å²) in [5, 5.41) is 9.17. The zero-order valence-corrected chi connectivity index (χ0v) is 12.2. The molecule has 108 valence electrons. The Kier molecular flexibility index (Phi) is 2.84. The SMILES string of the molecule is N#CC1CCCN1C(=O)CC12CC3CC(CC(C3)C1)C2. The van der Waals surface area contributed by atoms with Gasteiger partial charge in [0.1, 0.15) is 6.04 Å². The summed E-state index contributed by atoms with van der Waals surface area (Å²) in [5.41, 5.74) is 0.314. The minimum Gasteiger partial charge on any atom is -0.327 e. The smallest absolute Gasteiger partial charge is 0.224 e. The van der Waals surface area contributed by atoms with Gasteiger partial charge in [-0.1, -0.05) is 0 Å². The second kappa shape index (κ2) is 4.48. The van der Waals surface area contributed by atoms with Crippen LogP contribution in [0.1, 0.15) is 57.8 Å². The summed E-state index contributed by atoms with van der Waals surface area (Å²) in [6.07, 6.45) is 10.8. The van der Waals surface area contributed by atoms with Gasteiger partial charge < -0.3 is 4.90 Å². The Morgan fingerprint density at radius 1 is 1.15 bits per heavy atom. The largest absolute Gasteiger partial charge is 0.327 e. The first-order chi connectivity index (χ1) is 9.67. The summed E-state index contributed by atoms with van der Waals surface area (Å²) in [4.78, 5) is 14.5. The highest BCUT2D eigenvalue weighted by Crippen LogP contribution is 2.61. The van der Waals surface area contributed by atoms with Crippen LogP contribution < -0.4 is 0 Å². The van der Waals surface area contributed by atoms with Gasteiger partial charge in [-0.05, 0) is 74.5 Å². The van der Waals surface area contributed by atoms with Crippen molar-refractivity contribution < 1.29 is 4.79 Å². The summed E-state index contributed by atoms with van der Waals surface area (Å²) in [6, 6.07) is 2.17. The number of hydrogen-bond donors (Lipinski definition) is 0. The van der Waals surface area contributed by atoms with Gasteiger partial charge in [-0.3, -0.25) is 4.79 Å². The third-order valence-corrected chi connectivity index (χ3v) is 6.41. The van der Waals surface area contributed by atoms with E-state index in [1.807, 2.05) is 4.90 Å². The molecule has 3 nitrogen and oxygen atoms in total. The van der Waals surface area contributed by atoms with Crippen LogP contribution in [0.5, 0.6) is 0 Å². The summed E-state index contributed by atoms with van der Waals surface area (Å²) in [5.74, 6) is 2.98. The molecule has 4 aliphatic carbocycles. The van der Waals surface area contributed by atoms with Gasteiger partial charge in [-0.25, -0.2) is 0 Å². The van der Waals surface area contributed by atoms with Gasteiger partial charge in [-0.15, -0.1) is 0 Å². The van der Waals surface area contributed by atoms with Crippen LogP contribution in [0, 0.1) is 34.5 Å². The lowest BCUT2D eigenvalue weighted by Crippen LogP contribution is -2.48. The van der Waals surface area contributed by atoms with Crippen molar-refractivity contribution in [2.45, 2.75) is 63.8 Å². The number of amides is 1. The van der Waals surface area contributed by atoms with E-state index in [2.05, 4.69) is 6.07 Å². The summed E-state index contributed by atoms with van der Waals surface area (Å²) >= 11 is 0. The molecule has 1 saturated heterocycles. The Labute approximate surface area is 121 Å². The van der Waals surface area contributed by atoms with E-state index in [4.69, 9.17) is 0 Å². The van der Waals surface area contributed by atoms with Crippen molar-refractivity contribution in [3.8, 4) is 6.07 Å². The zero-order valence-electron chi connectivity index (χ0n) is 12.2. The van der Waals surface area contributed by atoms with Crippen molar-refractivity contribution >= 4 is 5.91 Å². The quantitative estimate of drug-likeness (QED) is 0.775. The molecule has 5 fully saturated rings. The maximum Gasteiger partial charge on any atom is 0.224 e. The lowest BCUT2D eigenvalue weighted by atomic mass is 9.49. The number of carbonyl (C=O) groups excluding carboxylic acids is 1. The number of nitrogens with zero attached hydrogens (tertiary/aromatic N) is 2. The first-order valence-corrected chi connectivity index (χ1v) is 8.36. The maximum atomic E-state index is 12.7. The van der Waals surface area contributed by atoms with E-state index in [0.29, 0.717) is 5.41 Å². The molecule has 5 aliphatic rings. The molecular weight excluding hydrogens is 248 g/mol. The Morgan fingerprint density at radius 2 is 1.75 bits per heavy atom. The molecule has 0 aromatic heterocycles. The van der Waals surface area contributed by atoms with Crippen LogP contribution >= 0.6 is 0 Å². The molecular formula is C17H24N2O. The van der Waals surface area contributed by atoms with Crippen molar-refractivity contribution in [1.29, 1.82) is 5.26 Å². The van der Waals surface area contributed by atoms with Crippen LogP contribution in [0.2, 0.25) is 0 Å². The number of likely N-dealkylation sites (tertiary alicyclic amines) is 1. The average molecular weight is 272 g/mol. The van der Waals surface area contributed by atoms with Gasteiger partial charge in [-0.2, -0.15) is 5.26 Å². The Morgan fingerprint density at radius 3 is 2.30 bits per heavy atom. The molecule has 1 unspecified atom stereocenters. The second-order valence-corrected chi connectivity index (χ2v) is 7.97. The number of carbonyl (C=O) groups is 1. The van der Waals surface area contributed by atoms with Crippen molar-refractivity contribution in [3.05, 3.63) is 0 Å². The third kappa shape index (κ3) is 1.96. The van der Waals surface area contributed by atoms with E-state index in [-0.39, 0.29) is 11.9 Å². The van der Waals surface area contributed by atoms with E-state index < -0.39 is 0 Å². The molecule has 3 heteroatoms. The Hall–Kier alpha value is -1.04. The molecule has 1 heterocycles. The highest BCUT2D eigenvalue weighted by molar-refractivity contribution is 5.78. The van der Waals surface area contributed by atoms with Gasteiger partial charge in [0.05, 0.1) is 6.07 Å². The molecule has 4 saturated carbocycles. The van der Waals surface area contributed by atoms with Crippen molar-refractivity contribution in [1.82, 2.24) is 4.90 Å². The van der Waals surface area contributed by atoms with Gasteiger partial charge in [0, 0.05) is 13.0 Å². The van der Waals surface area contributed by atoms with Gasteiger partial charge >= 0.3 is 0 Å². The topological polar surface area (TPSA) is 44.1 Å². The summed E-state index contributed by atoms with van der Waals surface area (Å²) < 4.78 is 0. The molecule has 5 rings (SSSR count). The fraction of sp³-hybridized carbons (Fsp3) is 0.882. The van der Waals surface area contributed by atoms with Gasteiger partial charge in [0.2, 0.25) is 5.91 Å². The molecule has 1 amide bonds. The summed E-state index contributed by atoms with van der Waals surface area (Å²) in [7, 11) is 0. The fourth-order valence-electron chi connectivity index (χ4n) is 6.13. The Balaban J connectivity index is 1.49. The molecule has 0 N–H and O–H groups in total. The molecule has 4 bridgehead atoms. The lowest BCUT2D eigenvalue weighted by molar-refractivity contribution is -0.139. The molecule has 0 spiro atoms. The van der Waals surface area contributed by atoms with Crippen LogP contribution in [0.4, 0.5) is 0 Å². The predicted molar refractivity (Wildman–Crippen MR) is 75.6 cm³/mol. The van der Waals surface area contributed by atoms with Crippen molar-refractivity contribution in [2.75, 3.05) is 6.54 Å². The number of rotatable bonds is 2. The van der Waals surface area contributed by atoms with Gasteiger partial charge in [0.25, 0.3) is 0 Å². The van der Waals surface area contributed by atoms with Crippen LogP contribution in [0.25, 0.3) is 0 Å². The van der Waals surface area contributed by atoms with Crippen LogP contribution in [0.3, 0.4) is 0 Å². The monoisotopic (exact) mass is 272 g/mol. The highest BCUT2D eigenvalue weighted by atomic mass is 16.2. The molecule has 0 radical (unpaired) electrons. The first kappa shape index (κ1) is 12.7. The predicted octanol–water partition coefficient (Wildman–Crippen LogP) is 3.11. The molecule has 0 aromatic carbocycles. The van der Waals surface area contributed by atoms with Crippen LogP contribution in [-0.4, -0.2) is 23.4 Å². The maximum absolute atomic E-state index is 12.7. The van der Waals surface area contributed by atoms with E-state index >= 15 is 0 Å². The third-order valence-electron chi connectivity index (χ3n) is 6.41. The molecule has 1 atom stereocenters. The van der Waals surface area contributed by atoms with E-state index in [9.17, 15) is 10.1 Å². The van der Waals surface area contributed by atoms with Crippen molar-refractivity contribution in [3.63, 3.8) is 0 Å². The fourth-order valence-corrected chi connectivity index (χ4v) is 6.13. The normalized spacial score (nSPS) is 45.6. The second-order valence-electron chi connectivity index (χ2n) is 7.97. The average Bonchev–Trinajstić information content (AvgIpc) is 2.84. The minimum atomic E-state index is -0.142. The summed E-state index contributed by atoms with van der Waals surface area (Å²) in [6.45, 7) is 0.809.